The van der Waals surface area contributed by atoms with Gasteiger partial charge in [0.15, 0.2) is 0 Å². The van der Waals surface area contributed by atoms with E-state index in [0.29, 0.717) is 5.75 Å². The highest BCUT2D eigenvalue weighted by Gasteiger charge is 2.12. The summed E-state index contributed by atoms with van der Waals surface area (Å²) in [5.41, 5.74) is 1.78. The lowest BCUT2D eigenvalue weighted by Gasteiger charge is -2.06. The highest BCUT2D eigenvalue weighted by molar-refractivity contribution is 7.90. The zero-order valence-corrected chi connectivity index (χ0v) is 14.2. The van der Waals surface area contributed by atoms with Gasteiger partial charge in [-0.2, -0.15) is 12.8 Å². The maximum Gasteiger partial charge on any atom is 0.282 e. The van der Waals surface area contributed by atoms with Gasteiger partial charge in [0.2, 0.25) is 0 Å². The van der Waals surface area contributed by atoms with Crippen LogP contribution in [0.5, 0.6) is 5.75 Å². The number of rotatable bonds is 4. The summed E-state index contributed by atoms with van der Waals surface area (Å²) in [6, 6.07) is 18.0. The normalized spacial score (nSPS) is 11.9. The summed E-state index contributed by atoms with van der Waals surface area (Å²) in [5, 5.41) is 2.03. The summed E-state index contributed by atoms with van der Waals surface area (Å²) in [7, 11) is -2.22. The standard InChI is InChI=1S/C19H17NO3S/c1-14-7-8-15-5-3-4-6-18(15)19(14)13-20-24(21,22)17-11-9-16(23-2)10-12-17/h3-13H,1-2H3/b20-13+. The van der Waals surface area contributed by atoms with E-state index in [9.17, 15) is 8.42 Å². The van der Waals surface area contributed by atoms with Crippen molar-refractivity contribution in [1.82, 2.24) is 0 Å². The Labute approximate surface area is 141 Å². The van der Waals surface area contributed by atoms with Gasteiger partial charge < -0.3 is 4.74 Å². The van der Waals surface area contributed by atoms with E-state index in [4.69, 9.17) is 4.74 Å². The van der Waals surface area contributed by atoms with Crippen LogP contribution in [0.3, 0.4) is 0 Å². The molecule has 3 rings (SSSR count). The number of fused-ring (bicyclic) bond motifs is 1. The first-order chi connectivity index (χ1) is 11.5. The van der Waals surface area contributed by atoms with Crippen molar-refractivity contribution in [2.45, 2.75) is 11.8 Å². The number of hydrogen-bond acceptors (Lipinski definition) is 3. The van der Waals surface area contributed by atoms with Crippen LogP contribution in [0.15, 0.2) is 70.0 Å². The molecule has 24 heavy (non-hydrogen) atoms. The summed E-state index contributed by atoms with van der Waals surface area (Å²) in [5.74, 6) is 0.600. The van der Waals surface area contributed by atoms with E-state index in [1.54, 1.807) is 12.1 Å². The minimum Gasteiger partial charge on any atom is -0.497 e. The van der Waals surface area contributed by atoms with Crippen molar-refractivity contribution in [3.05, 3.63) is 71.8 Å². The highest BCUT2D eigenvalue weighted by atomic mass is 32.2. The molecule has 0 spiro atoms. The van der Waals surface area contributed by atoms with Gasteiger partial charge in [-0.25, -0.2) is 0 Å². The summed E-state index contributed by atoms with van der Waals surface area (Å²) in [4.78, 5) is 0.137. The summed E-state index contributed by atoms with van der Waals surface area (Å²) < 4.78 is 33.7. The number of sulfonamides is 1. The third-order valence-electron chi connectivity index (χ3n) is 3.87. The third-order valence-corrected chi connectivity index (χ3v) is 5.12. The minimum absolute atomic E-state index is 0.137. The Balaban J connectivity index is 2.02. The Morgan fingerprint density at radius 3 is 2.38 bits per heavy atom. The number of aryl methyl sites for hydroxylation is 1. The summed E-state index contributed by atoms with van der Waals surface area (Å²) in [6.45, 7) is 1.94. The summed E-state index contributed by atoms with van der Waals surface area (Å²) >= 11 is 0. The van der Waals surface area contributed by atoms with E-state index >= 15 is 0 Å². The Kier molecular flexibility index (Phi) is 4.36. The lowest BCUT2D eigenvalue weighted by atomic mass is 10.0. The van der Waals surface area contributed by atoms with E-state index < -0.39 is 10.0 Å². The fourth-order valence-corrected chi connectivity index (χ4v) is 3.35. The number of methoxy groups -OCH3 is 1. The molecule has 0 aliphatic heterocycles. The van der Waals surface area contributed by atoms with Gasteiger partial charge in [0.25, 0.3) is 10.0 Å². The van der Waals surface area contributed by atoms with Gasteiger partial charge in [-0.05, 0) is 47.5 Å². The first-order valence-corrected chi connectivity index (χ1v) is 8.88. The van der Waals surface area contributed by atoms with Gasteiger partial charge in [-0.15, -0.1) is 0 Å². The lowest BCUT2D eigenvalue weighted by molar-refractivity contribution is 0.414. The number of benzene rings is 3. The van der Waals surface area contributed by atoms with Gasteiger partial charge >= 0.3 is 0 Å². The predicted molar refractivity (Wildman–Crippen MR) is 96.5 cm³/mol. The van der Waals surface area contributed by atoms with Crippen molar-refractivity contribution in [3.8, 4) is 5.75 Å². The van der Waals surface area contributed by atoms with Crippen LogP contribution in [0, 0.1) is 6.92 Å². The second-order valence-electron chi connectivity index (χ2n) is 5.40. The zero-order valence-electron chi connectivity index (χ0n) is 13.4. The molecule has 0 heterocycles. The van der Waals surface area contributed by atoms with Crippen LogP contribution in [-0.2, 0) is 10.0 Å². The molecule has 0 unspecified atom stereocenters. The fourth-order valence-electron chi connectivity index (χ4n) is 2.51. The molecule has 3 aromatic rings. The largest absolute Gasteiger partial charge is 0.497 e. The monoisotopic (exact) mass is 339 g/mol. The molecule has 0 saturated heterocycles. The quantitative estimate of drug-likeness (QED) is 0.676. The molecule has 0 amide bonds. The molecule has 4 nitrogen and oxygen atoms in total. The zero-order chi connectivity index (χ0) is 17.2. The average Bonchev–Trinajstić information content (AvgIpc) is 2.61. The highest BCUT2D eigenvalue weighted by Crippen LogP contribution is 2.22. The lowest BCUT2D eigenvalue weighted by Crippen LogP contribution is -1.99. The smallest absolute Gasteiger partial charge is 0.282 e. The first kappa shape index (κ1) is 16.2. The molecular formula is C19H17NO3S. The van der Waals surface area contributed by atoms with Crippen molar-refractivity contribution < 1.29 is 13.2 Å². The second kappa shape index (κ2) is 6.45. The molecule has 5 heteroatoms. The van der Waals surface area contributed by atoms with Crippen molar-refractivity contribution in [2.24, 2.45) is 4.40 Å². The molecule has 0 fully saturated rings. The van der Waals surface area contributed by atoms with Gasteiger partial charge in [0.05, 0.1) is 12.0 Å². The first-order valence-electron chi connectivity index (χ1n) is 7.44. The van der Waals surface area contributed by atoms with Crippen molar-refractivity contribution in [2.75, 3.05) is 7.11 Å². The Morgan fingerprint density at radius 2 is 1.67 bits per heavy atom. The molecule has 0 aromatic heterocycles. The van der Waals surface area contributed by atoms with Gasteiger partial charge in [-0.1, -0.05) is 36.4 Å². The van der Waals surface area contributed by atoms with E-state index in [2.05, 4.69) is 4.40 Å². The van der Waals surface area contributed by atoms with Gasteiger partial charge in [0, 0.05) is 11.8 Å². The average molecular weight is 339 g/mol. The molecule has 0 atom stereocenters. The van der Waals surface area contributed by atoms with E-state index in [-0.39, 0.29) is 4.90 Å². The topological polar surface area (TPSA) is 55.7 Å². The number of hydrogen-bond donors (Lipinski definition) is 0. The second-order valence-corrected chi connectivity index (χ2v) is 7.03. The number of nitrogens with zero attached hydrogens (tertiary/aromatic N) is 1. The van der Waals surface area contributed by atoms with Crippen molar-refractivity contribution in [1.29, 1.82) is 0 Å². The Bertz CT molecular complexity index is 1010. The maximum atomic E-state index is 12.4. The molecule has 0 saturated carbocycles. The minimum atomic E-state index is -3.75. The SMILES string of the molecule is COc1ccc(S(=O)(=O)/N=C/c2c(C)ccc3ccccc23)cc1. The van der Waals surface area contributed by atoms with Crippen LogP contribution in [-0.4, -0.2) is 21.7 Å². The van der Waals surface area contributed by atoms with Crippen molar-refractivity contribution in [3.63, 3.8) is 0 Å². The van der Waals surface area contributed by atoms with Crippen LogP contribution in [0.2, 0.25) is 0 Å². The molecule has 0 aliphatic rings. The molecule has 3 aromatic carbocycles. The van der Waals surface area contributed by atoms with Crippen LogP contribution < -0.4 is 4.74 Å². The third kappa shape index (κ3) is 3.16. The maximum absolute atomic E-state index is 12.4. The molecular weight excluding hydrogens is 322 g/mol. The number of ether oxygens (including phenoxy) is 1. The molecule has 122 valence electrons. The predicted octanol–water partition coefficient (Wildman–Crippen LogP) is 3.96. The Morgan fingerprint density at radius 1 is 0.958 bits per heavy atom. The fraction of sp³-hybridized carbons (Fsp3) is 0.105. The van der Waals surface area contributed by atoms with E-state index in [0.717, 1.165) is 21.9 Å². The van der Waals surface area contributed by atoms with Crippen LogP contribution in [0.1, 0.15) is 11.1 Å². The van der Waals surface area contributed by atoms with E-state index in [1.165, 1.54) is 25.5 Å². The molecule has 0 radical (unpaired) electrons. The van der Waals surface area contributed by atoms with Gasteiger partial charge in [-0.3, -0.25) is 0 Å². The van der Waals surface area contributed by atoms with Crippen LogP contribution in [0.4, 0.5) is 0 Å². The van der Waals surface area contributed by atoms with Crippen LogP contribution in [0.25, 0.3) is 10.8 Å². The van der Waals surface area contributed by atoms with Crippen molar-refractivity contribution >= 4 is 27.0 Å². The molecule has 0 bridgehead atoms. The van der Waals surface area contributed by atoms with Gasteiger partial charge in [0.1, 0.15) is 5.75 Å². The Hall–Kier alpha value is -2.66. The summed E-state index contributed by atoms with van der Waals surface area (Å²) in [6.07, 6.45) is 1.43. The van der Waals surface area contributed by atoms with Crippen LogP contribution >= 0.6 is 0 Å². The van der Waals surface area contributed by atoms with E-state index in [1.807, 2.05) is 43.3 Å². The molecule has 0 N–H and O–H groups in total. The molecule has 0 aliphatic carbocycles.